The zero-order chi connectivity index (χ0) is 11.5. The molecule has 0 spiro atoms. The molecule has 1 aliphatic rings. The Bertz CT molecular complexity index is 359. The average Bonchev–Trinajstić information content (AvgIpc) is 2.33. The van der Waals surface area contributed by atoms with Crippen LogP contribution in [0.1, 0.15) is 43.8 Å². The Labute approximate surface area is 95.9 Å². The first-order valence-electron chi connectivity index (χ1n) is 5.95. The molecule has 1 aliphatic carbocycles. The lowest BCUT2D eigenvalue weighted by atomic mass is 9.82. The fourth-order valence-corrected chi connectivity index (χ4v) is 2.53. The first-order valence-corrected chi connectivity index (χ1v) is 5.95. The zero-order valence-electron chi connectivity index (χ0n) is 9.39. The molecule has 4 N–H and O–H groups in total. The number of aromatic hydroxyl groups is 1. The highest BCUT2D eigenvalue weighted by Crippen LogP contribution is 2.38. The van der Waals surface area contributed by atoms with Gasteiger partial charge in [-0.3, -0.25) is 0 Å². The second kappa shape index (κ2) is 4.74. The van der Waals surface area contributed by atoms with Crippen molar-refractivity contribution >= 4 is 5.69 Å². The molecular weight excluding hydrogens is 202 g/mol. The van der Waals surface area contributed by atoms with Crippen molar-refractivity contribution in [3.8, 4) is 5.75 Å². The first kappa shape index (κ1) is 11.3. The Balaban J connectivity index is 2.19. The van der Waals surface area contributed by atoms with Crippen LogP contribution in [0.4, 0.5) is 5.69 Å². The van der Waals surface area contributed by atoms with Gasteiger partial charge >= 0.3 is 0 Å². The van der Waals surface area contributed by atoms with Gasteiger partial charge in [-0.1, -0.05) is 31.4 Å². The molecule has 16 heavy (non-hydrogen) atoms. The molecule has 3 heteroatoms. The second-order valence-electron chi connectivity index (χ2n) is 4.62. The van der Waals surface area contributed by atoms with Crippen molar-refractivity contribution in [1.29, 1.82) is 0 Å². The summed E-state index contributed by atoms with van der Waals surface area (Å²) in [5.74, 6) is 0.352. The van der Waals surface area contributed by atoms with Crippen molar-refractivity contribution in [3.05, 3.63) is 23.8 Å². The van der Waals surface area contributed by atoms with Crippen molar-refractivity contribution in [2.24, 2.45) is 5.92 Å². The quantitative estimate of drug-likeness (QED) is 0.531. The van der Waals surface area contributed by atoms with E-state index in [0.29, 0.717) is 11.3 Å². The molecule has 0 heterocycles. The van der Waals surface area contributed by atoms with E-state index in [1.165, 1.54) is 19.3 Å². The second-order valence-corrected chi connectivity index (χ2v) is 4.62. The van der Waals surface area contributed by atoms with Crippen molar-refractivity contribution in [1.82, 2.24) is 0 Å². The molecule has 0 radical (unpaired) electrons. The molecule has 0 saturated heterocycles. The van der Waals surface area contributed by atoms with Crippen LogP contribution in [-0.2, 0) is 0 Å². The van der Waals surface area contributed by atoms with Gasteiger partial charge in [0, 0.05) is 5.56 Å². The average molecular weight is 221 g/mol. The Morgan fingerprint density at radius 1 is 1.19 bits per heavy atom. The summed E-state index contributed by atoms with van der Waals surface area (Å²) in [5, 5.41) is 19.8. The SMILES string of the molecule is Nc1c(O)cccc1C(O)C1CCCCC1. The number of hydrogen-bond donors (Lipinski definition) is 3. The van der Waals surface area contributed by atoms with Crippen LogP contribution in [0.15, 0.2) is 18.2 Å². The van der Waals surface area contributed by atoms with E-state index in [2.05, 4.69) is 0 Å². The van der Waals surface area contributed by atoms with Crippen LogP contribution in [-0.4, -0.2) is 10.2 Å². The van der Waals surface area contributed by atoms with E-state index < -0.39 is 6.10 Å². The van der Waals surface area contributed by atoms with Crippen LogP contribution < -0.4 is 5.73 Å². The summed E-state index contributed by atoms with van der Waals surface area (Å²) in [6, 6.07) is 5.08. The van der Waals surface area contributed by atoms with E-state index in [1.807, 2.05) is 0 Å². The minimum atomic E-state index is -0.535. The van der Waals surface area contributed by atoms with Crippen molar-refractivity contribution in [3.63, 3.8) is 0 Å². The Morgan fingerprint density at radius 3 is 2.56 bits per heavy atom. The van der Waals surface area contributed by atoms with E-state index in [1.54, 1.807) is 18.2 Å². The normalized spacial score (nSPS) is 19.6. The summed E-state index contributed by atoms with van der Waals surface area (Å²) in [6.07, 6.45) is 5.19. The van der Waals surface area contributed by atoms with E-state index in [0.717, 1.165) is 12.8 Å². The van der Waals surface area contributed by atoms with Gasteiger partial charge in [0.1, 0.15) is 5.75 Å². The van der Waals surface area contributed by atoms with Gasteiger partial charge in [0.2, 0.25) is 0 Å². The number of phenolic OH excluding ortho intramolecular Hbond substituents is 1. The number of aliphatic hydroxyl groups is 1. The minimum absolute atomic E-state index is 0.0624. The maximum absolute atomic E-state index is 10.3. The first-order chi connectivity index (χ1) is 7.70. The fourth-order valence-electron chi connectivity index (χ4n) is 2.53. The maximum Gasteiger partial charge on any atom is 0.138 e. The molecule has 3 nitrogen and oxygen atoms in total. The summed E-state index contributed by atoms with van der Waals surface area (Å²) in [6.45, 7) is 0. The Morgan fingerprint density at radius 2 is 1.88 bits per heavy atom. The standard InChI is InChI=1S/C13H19NO2/c14-12-10(7-4-8-11(12)15)13(16)9-5-2-1-3-6-9/h4,7-9,13,15-16H,1-3,5-6,14H2. The predicted octanol–water partition coefficient (Wildman–Crippen LogP) is 2.59. The van der Waals surface area contributed by atoms with Crippen LogP contribution in [0.3, 0.4) is 0 Å². The highest BCUT2D eigenvalue weighted by Gasteiger charge is 2.25. The van der Waals surface area contributed by atoms with Crippen molar-refractivity contribution in [2.75, 3.05) is 5.73 Å². The van der Waals surface area contributed by atoms with E-state index in [4.69, 9.17) is 5.73 Å². The van der Waals surface area contributed by atoms with Gasteiger partial charge in [-0.15, -0.1) is 0 Å². The summed E-state index contributed by atoms with van der Waals surface area (Å²) in [5.41, 5.74) is 6.77. The third-order valence-corrected chi connectivity index (χ3v) is 3.53. The lowest BCUT2D eigenvalue weighted by Crippen LogP contribution is -2.17. The lowest BCUT2D eigenvalue weighted by molar-refractivity contribution is 0.0853. The molecule has 1 saturated carbocycles. The molecule has 0 aromatic heterocycles. The maximum atomic E-state index is 10.3. The number of para-hydroxylation sites is 1. The van der Waals surface area contributed by atoms with Gasteiger partial charge in [-0.25, -0.2) is 0 Å². The number of hydrogen-bond acceptors (Lipinski definition) is 3. The molecule has 0 bridgehead atoms. The summed E-state index contributed by atoms with van der Waals surface area (Å²) < 4.78 is 0. The molecule has 0 aliphatic heterocycles. The molecule has 1 aromatic rings. The summed E-state index contributed by atoms with van der Waals surface area (Å²) in [4.78, 5) is 0. The molecule has 2 rings (SSSR count). The number of phenols is 1. The molecule has 1 fully saturated rings. The number of benzene rings is 1. The number of nitrogens with two attached hydrogens (primary N) is 1. The highest BCUT2D eigenvalue weighted by atomic mass is 16.3. The van der Waals surface area contributed by atoms with Gasteiger partial charge in [-0.05, 0) is 24.8 Å². The van der Waals surface area contributed by atoms with E-state index >= 15 is 0 Å². The molecule has 1 unspecified atom stereocenters. The number of aliphatic hydroxyl groups excluding tert-OH is 1. The summed E-state index contributed by atoms with van der Waals surface area (Å²) in [7, 11) is 0. The van der Waals surface area contributed by atoms with Crippen LogP contribution >= 0.6 is 0 Å². The third kappa shape index (κ3) is 2.14. The van der Waals surface area contributed by atoms with Crippen LogP contribution in [0, 0.1) is 5.92 Å². The molecule has 1 aromatic carbocycles. The summed E-state index contributed by atoms with van der Waals surface area (Å²) >= 11 is 0. The van der Waals surface area contributed by atoms with Crippen LogP contribution in [0.5, 0.6) is 5.75 Å². The van der Waals surface area contributed by atoms with Gasteiger partial charge in [0.25, 0.3) is 0 Å². The number of rotatable bonds is 2. The molecule has 1 atom stereocenters. The minimum Gasteiger partial charge on any atom is -0.506 e. The molecule has 88 valence electrons. The smallest absolute Gasteiger partial charge is 0.138 e. The Kier molecular flexibility index (Phi) is 3.34. The Hall–Kier alpha value is -1.22. The number of nitrogen functional groups attached to an aromatic ring is 1. The number of anilines is 1. The van der Waals surface area contributed by atoms with E-state index in [-0.39, 0.29) is 11.7 Å². The van der Waals surface area contributed by atoms with Gasteiger partial charge < -0.3 is 15.9 Å². The van der Waals surface area contributed by atoms with Crippen molar-refractivity contribution < 1.29 is 10.2 Å². The molecular formula is C13H19NO2. The topological polar surface area (TPSA) is 66.5 Å². The van der Waals surface area contributed by atoms with Crippen LogP contribution in [0.2, 0.25) is 0 Å². The predicted molar refractivity (Wildman–Crippen MR) is 64.1 cm³/mol. The highest BCUT2D eigenvalue weighted by molar-refractivity contribution is 5.58. The van der Waals surface area contributed by atoms with Crippen molar-refractivity contribution in [2.45, 2.75) is 38.2 Å². The van der Waals surface area contributed by atoms with E-state index in [9.17, 15) is 10.2 Å². The third-order valence-electron chi connectivity index (χ3n) is 3.53. The van der Waals surface area contributed by atoms with Gasteiger partial charge in [-0.2, -0.15) is 0 Å². The monoisotopic (exact) mass is 221 g/mol. The van der Waals surface area contributed by atoms with Gasteiger partial charge in [0.05, 0.1) is 11.8 Å². The van der Waals surface area contributed by atoms with Crippen LogP contribution in [0.25, 0.3) is 0 Å². The lowest BCUT2D eigenvalue weighted by Gasteiger charge is -2.27. The largest absolute Gasteiger partial charge is 0.506 e. The molecule has 0 amide bonds. The fraction of sp³-hybridized carbons (Fsp3) is 0.538. The van der Waals surface area contributed by atoms with Gasteiger partial charge in [0.15, 0.2) is 0 Å². The zero-order valence-corrected chi connectivity index (χ0v) is 9.39.